The Morgan fingerprint density at radius 3 is 2.81 bits per heavy atom. The molecule has 1 aromatic rings. The summed E-state index contributed by atoms with van der Waals surface area (Å²) in [5.41, 5.74) is 5.64. The van der Waals surface area contributed by atoms with Gasteiger partial charge in [0.25, 0.3) is 0 Å². The van der Waals surface area contributed by atoms with Gasteiger partial charge < -0.3 is 10.5 Å². The van der Waals surface area contributed by atoms with Gasteiger partial charge in [0.1, 0.15) is 5.82 Å². The van der Waals surface area contributed by atoms with Gasteiger partial charge in [-0.15, -0.1) is 11.8 Å². The van der Waals surface area contributed by atoms with E-state index >= 15 is 0 Å². The monoisotopic (exact) mass is 241 g/mol. The second-order valence-corrected chi connectivity index (χ2v) is 5.14. The highest BCUT2D eigenvalue weighted by atomic mass is 32.2. The highest BCUT2D eigenvalue weighted by Gasteiger charge is 2.14. The van der Waals surface area contributed by atoms with Crippen LogP contribution < -0.4 is 5.73 Å². The lowest BCUT2D eigenvalue weighted by Gasteiger charge is -2.21. The Labute approximate surface area is 99.4 Å². The molecule has 2 N–H and O–H groups in total. The van der Waals surface area contributed by atoms with Crippen LogP contribution in [0.4, 0.5) is 10.1 Å². The van der Waals surface area contributed by atoms with E-state index in [2.05, 4.69) is 0 Å². The van der Waals surface area contributed by atoms with Crippen LogP contribution in [0.5, 0.6) is 0 Å². The molecule has 1 saturated heterocycles. The molecular formula is C12H16FNOS. The van der Waals surface area contributed by atoms with Crippen molar-refractivity contribution in [1.82, 2.24) is 0 Å². The summed E-state index contributed by atoms with van der Waals surface area (Å²) in [4.78, 5) is 0.957. The van der Waals surface area contributed by atoms with E-state index in [0.29, 0.717) is 5.92 Å². The van der Waals surface area contributed by atoms with Crippen molar-refractivity contribution < 1.29 is 9.13 Å². The third-order valence-corrected chi connectivity index (χ3v) is 4.02. The molecule has 0 unspecified atom stereocenters. The molecule has 2 nitrogen and oxygen atoms in total. The number of anilines is 1. The molecule has 1 heterocycles. The molecule has 0 atom stereocenters. The zero-order valence-electron chi connectivity index (χ0n) is 9.12. The first-order valence-corrected chi connectivity index (χ1v) is 6.50. The fraction of sp³-hybridized carbons (Fsp3) is 0.500. The second-order valence-electron chi connectivity index (χ2n) is 4.05. The van der Waals surface area contributed by atoms with E-state index in [9.17, 15) is 4.39 Å². The van der Waals surface area contributed by atoms with E-state index in [1.54, 1.807) is 17.8 Å². The van der Waals surface area contributed by atoms with Crippen LogP contribution in [0, 0.1) is 11.7 Å². The standard InChI is InChI=1S/C12H16FNOS/c13-11-7-10(1-2-12(11)14)16-8-9-3-5-15-6-4-9/h1-2,7,9H,3-6,8,14H2. The summed E-state index contributed by atoms with van der Waals surface area (Å²) in [6, 6.07) is 5.02. The molecule has 0 aliphatic carbocycles. The second kappa shape index (κ2) is 5.55. The van der Waals surface area contributed by atoms with Crippen molar-refractivity contribution in [3.63, 3.8) is 0 Å². The van der Waals surface area contributed by atoms with Crippen molar-refractivity contribution in [2.24, 2.45) is 5.92 Å². The highest BCUT2D eigenvalue weighted by Crippen LogP contribution is 2.27. The molecule has 1 aliphatic rings. The first kappa shape index (κ1) is 11.7. The van der Waals surface area contributed by atoms with Gasteiger partial charge in [0, 0.05) is 23.9 Å². The van der Waals surface area contributed by atoms with Crippen molar-refractivity contribution in [3.8, 4) is 0 Å². The molecule has 0 spiro atoms. The minimum atomic E-state index is -0.322. The summed E-state index contributed by atoms with van der Waals surface area (Å²) >= 11 is 1.70. The predicted octanol–water partition coefficient (Wildman–Crippen LogP) is 2.93. The zero-order chi connectivity index (χ0) is 11.4. The molecule has 0 amide bonds. The molecule has 1 aromatic carbocycles. The van der Waals surface area contributed by atoms with E-state index in [0.717, 1.165) is 36.7 Å². The van der Waals surface area contributed by atoms with Gasteiger partial charge in [-0.25, -0.2) is 4.39 Å². The fourth-order valence-electron chi connectivity index (χ4n) is 1.72. The van der Waals surface area contributed by atoms with Crippen LogP contribution >= 0.6 is 11.8 Å². The molecule has 1 aliphatic heterocycles. The van der Waals surface area contributed by atoms with Crippen molar-refractivity contribution in [2.75, 3.05) is 24.7 Å². The van der Waals surface area contributed by atoms with Crippen molar-refractivity contribution in [2.45, 2.75) is 17.7 Å². The number of thioether (sulfide) groups is 1. The van der Waals surface area contributed by atoms with Gasteiger partial charge in [0.05, 0.1) is 5.69 Å². The smallest absolute Gasteiger partial charge is 0.147 e. The number of hydrogen-bond acceptors (Lipinski definition) is 3. The average molecular weight is 241 g/mol. The van der Waals surface area contributed by atoms with Gasteiger partial charge in [0.15, 0.2) is 0 Å². The molecule has 88 valence electrons. The van der Waals surface area contributed by atoms with Crippen LogP contribution in [0.15, 0.2) is 23.1 Å². The summed E-state index contributed by atoms with van der Waals surface area (Å²) < 4.78 is 18.5. The van der Waals surface area contributed by atoms with Crippen LogP contribution in [0.2, 0.25) is 0 Å². The Bertz CT molecular complexity index is 353. The lowest BCUT2D eigenvalue weighted by molar-refractivity contribution is 0.0728. The molecule has 0 saturated carbocycles. The van der Waals surface area contributed by atoms with Crippen LogP contribution in [-0.4, -0.2) is 19.0 Å². The Balaban J connectivity index is 1.86. The highest BCUT2D eigenvalue weighted by molar-refractivity contribution is 7.99. The number of nitrogens with two attached hydrogens (primary N) is 1. The minimum Gasteiger partial charge on any atom is -0.396 e. The van der Waals surface area contributed by atoms with E-state index in [4.69, 9.17) is 10.5 Å². The molecule has 4 heteroatoms. The van der Waals surface area contributed by atoms with Gasteiger partial charge in [-0.3, -0.25) is 0 Å². The van der Waals surface area contributed by atoms with Crippen LogP contribution in [0.25, 0.3) is 0 Å². The predicted molar refractivity (Wildman–Crippen MR) is 65.1 cm³/mol. The number of ether oxygens (including phenoxy) is 1. The van der Waals surface area contributed by atoms with Gasteiger partial charge in [-0.05, 0) is 37.0 Å². The van der Waals surface area contributed by atoms with Crippen LogP contribution in [0.1, 0.15) is 12.8 Å². The Morgan fingerprint density at radius 2 is 2.12 bits per heavy atom. The largest absolute Gasteiger partial charge is 0.396 e. The van der Waals surface area contributed by atoms with Gasteiger partial charge in [-0.2, -0.15) is 0 Å². The Kier molecular flexibility index (Phi) is 4.07. The van der Waals surface area contributed by atoms with E-state index in [1.165, 1.54) is 6.07 Å². The maximum Gasteiger partial charge on any atom is 0.147 e. The molecule has 0 aromatic heterocycles. The summed E-state index contributed by atoms with van der Waals surface area (Å²) in [7, 11) is 0. The number of halogens is 1. The van der Waals surface area contributed by atoms with Crippen LogP contribution in [-0.2, 0) is 4.74 Å². The van der Waals surface area contributed by atoms with E-state index < -0.39 is 0 Å². The first-order valence-electron chi connectivity index (χ1n) is 5.51. The van der Waals surface area contributed by atoms with Gasteiger partial charge >= 0.3 is 0 Å². The number of hydrogen-bond donors (Lipinski definition) is 1. The maximum atomic E-state index is 13.2. The lowest BCUT2D eigenvalue weighted by atomic mass is 10.0. The number of nitrogen functional groups attached to an aromatic ring is 1. The summed E-state index contributed by atoms with van der Waals surface area (Å²) in [6.45, 7) is 1.72. The topological polar surface area (TPSA) is 35.2 Å². The Morgan fingerprint density at radius 1 is 1.38 bits per heavy atom. The Hall–Kier alpha value is -0.740. The summed E-state index contributed by atoms with van der Waals surface area (Å²) in [5.74, 6) is 1.41. The third kappa shape index (κ3) is 3.12. The average Bonchev–Trinajstić information content (AvgIpc) is 2.32. The lowest BCUT2D eigenvalue weighted by Crippen LogP contribution is -2.17. The van der Waals surface area contributed by atoms with Gasteiger partial charge in [-0.1, -0.05) is 0 Å². The third-order valence-electron chi connectivity index (χ3n) is 2.80. The fourth-order valence-corrected chi connectivity index (χ4v) is 2.84. The van der Waals surface area contributed by atoms with Crippen LogP contribution in [0.3, 0.4) is 0 Å². The molecule has 16 heavy (non-hydrogen) atoms. The SMILES string of the molecule is Nc1ccc(SCC2CCOCC2)cc1F. The number of rotatable bonds is 3. The minimum absolute atomic E-state index is 0.218. The maximum absolute atomic E-state index is 13.2. The molecule has 0 radical (unpaired) electrons. The quantitative estimate of drug-likeness (QED) is 0.653. The summed E-state index contributed by atoms with van der Waals surface area (Å²) in [5, 5.41) is 0. The molecular weight excluding hydrogens is 225 g/mol. The molecule has 2 rings (SSSR count). The summed E-state index contributed by atoms with van der Waals surface area (Å²) in [6.07, 6.45) is 2.23. The molecule has 1 fully saturated rings. The van der Waals surface area contributed by atoms with Crippen molar-refractivity contribution >= 4 is 17.4 Å². The zero-order valence-corrected chi connectivity index (χ0v) is 9.93. The number of benzene rings is 1. The molecule has 0 bridgehead atoms. The normalized spacial score (nSPS) is 17.6. The van der Waals surface area contributed by atoms with Crippen molar-refractivity contribution in [3.05, 3.63) is 24.0 Å². The van der Waals surface area contributed by atoms with E-state index in [1.807, 2.05) is 6.07 Å². The van der Waals surface area contributed by atoms with Crippen molar-refractivity contribution in [1.29, 1.82) is 0 Å². The van der Waals surface area contributed by atoms with Gasteiger partial charge in [0.2, 0.25) is 0 Å². The van der Waals surface area contributed by atoms with E-state index in [-0.39, 0.29) is 11.5 Å². The first-order chi connectivity index (χ1) is 7.75.